The van der Waals surface area contributed by atoms with Gasteiger partial charge in [-0.05, 0) is 53.1 Å². The normalized spacial score (nSPS) is 11.6. The zero-order valence-electron chi connectivity index (χ0n) is 26.7. The Hall–Kier alpha value is -6.43. The molecule has 0 radical (unpaired) electrons. The van der Waals surface area contributed by atoms with Gasteiger partial charge in [0.1, 0.15) is 11.2 Å². The first kappa shape index (κ1) is 28.6. The molecule has 7 aromatic carbocycles. The van der Waals surface area contributed by atoms with E-state index in [2.05, 4.69) is 133 Å². The van der Waals surface area contributed by atoms with Crippen LogP contribution in [0.2, 0.25) is 0 Å². The minimum absolute atomic E-state index is 0.594. The third-order valence-corrected chi connectivity index (χ3v) is 10.6. The number of rotatable bonds is 5. The van der Waals surface area contributed by atoms with Crippen LogP contribution in [0.1, 0.15) is 0 Å². The zero-order chi connectivity index (χ0) is 33.0. The van der Waals surface area contributed by atoms with Crippen molar-refractivity contribution in [3.05, 3.63) is 164 Å². The standard InChI is InChI=1S/C45H27N3OS/c1-3-11-28(12-4-1)29-19-21-31(22-20-29)43-46-44(32-23-24-35-34-15-7-9-17-39(34)49-40(35)27-32)48-45(47-43)33-25-37(30-13-5-2-6-14-30)42-38(26-33)36-16-8-10-18-41(36)50-42/h1-27H. The molecule has 0 aliphatic rings. The predicted molar refractivity (Wildman–Crippen MR) is 207 cm³/mol. The van der Waals surface area contributed by atoms with E-state index >= 15 is 0 Å². The molecule has 0 fully saturated rings. The highest BCUT2D eigenvalue weighted by Crippen LogP contribution is 2.43. The van der Waals surface area contributed by atoms with Crippen molar-refractivity contribution in [3.63, 3.8) is 0 Å². The summed E-state index contributed by atoms with van der Waals surface area (Å²) in [6.07, 6.45) is 0. The smallest absolute Gasteiger partial charge is 0.164 e. The average Bonchev–Trinajstić information content (AvgIpc) is 3.76. The molecule has 0 saturated carbocycles. The maximum Gasteiger partial charge on any atom is 0.164 e. The molecule has 0 N–H and O–H groups in total. The number of benzene rings is 7. The number of hydrogen-bond acceptors (Lipinski definition) is 5. The highest BCUT2D eigenvalue weighted by atomic mass is 32.1. The maximum atomic E-state index is 6.27. The molecule has 0 saturated heterocycles. The van der Waals surface area contributed by atoms with Crippen LogP contribution in [0.4, 0.5) is 0 Å². The Kier molecular flexibility index (Phi) is 6.64. The number of furan rings is 1. The van der Waals surface area contributed by atoms with E-state index in [4.69, 9.17) is 19.4 Å². The fourth-order valence-electron chi connectivity index (χ4n) is 6.86. The molecule has 0 unspecified atom stereocenters. The molecule has 234 valence electrons. The molecular weight excluding hydrogens is 631 g/mol. The van der Waals surface area contributed by atoms with Gasteiger partial charge in [0.25, 0.3) is 0 Å². The lowest BCUT2D eigenvalue weighted by Gasteiger charge is -2.11. The highest BCUT2D eigenvalue weighted by molar-refractivity contribution is 7.26. The molecule has 0 bridgehead atoms. The molecule has 3 aromatic heterocycles. The van der Waals surface area contributed by atoms with E-state index in [9.17, 15) is 0 Å². The van der Waals surface area contributed by atoms with E-state index in [0.717, 1.165) is 49.8 Å². The lowest BCUT2D eigenvalue weighted by molar-refractivity contribution is 0.669. The minimum atomic E-state index is 0.594. The second kappa shape index (κ2) is 11.6. The topological polar surface area (TPSA) is 51.8 Å². The first-order valence-corrected chi connectivity index (χ1v) is 17.4. The summed E-state index contributed by atoms with van der Waals surface area (Å²) in [5.41, 5.74) is 9.03. The first-order valence-electron chi connectivity index (χ1n) is 16.6. The molecule has 4 nitrogen and oxygen atoms in total. The van der Waals surface area contributed by atoms with Gasteiger partial charge in [-0.15, -0.1) is 11.3 Å². The van der Waals surface area contributed by atoms with Crippen LogP contribution in [0.3, 0.4) is 0 Å². The van der Waals surface area contributed by atoms with Gasteiger partial charge >= 0.3 is 0 Å². The van der Waals surface area contributed by atoms with Crippen molar-refractivity contribution >= 4 is 53.4 Å². The summed E-state index contributed by atoms with van der Waals surface area (Å²) in [7, 11) is 0. The van der Waals surface area contributed by atoms with Gasteiger partial charge in [0.15, 0.2) is 17.5 Å². The Bertz CT molecular complexity index is 2860. The quantitative estimate of drug-likeness (QED) is 0.185. The third kappa shape index (κ3) is 4.87. The average molecular weight is 658 g/mol. The SMILES string of the molecule is c1ccc(-c2ccc(-c3nc(-c4ccc5c(c4)oc4ccccc45)nc(-c4cc(-c5ccccc5)c5sc6ccccc6c5c4)n3)cc2)cc1. The van der Waals surface area contributed by atoms with Gasteiger partial charge in [0.05, 0.1) is 0 Å². The monoisotopic (exact) mass is 657 g/mol. The molecule has 0 atom stereocenters. The molecule has 3 heterocycles. The van der Waals surface area contributed by atoms with Crippen LogP contribution in [0, 0.1) is 0 Å². The Labute approximate surface area is 292 Å². The van der Waals surface area contributed by atoms with Crippen molar-refractivity contribution in [2.45, 2.75) is 0 Å². The lowest BCUT2D eigenvalue weighted by Crippen LogP contribution is -2.00. The summed E-state index contributed by atoms with van der Waals surface area (Å²) in [5.74, 6) is 1.83. The predicted octanol–water partition coefficient (Wildman–Crippen LogP) is 12.5. The summed E-state index contributed by atoms with van der Waals surface area (Å²) in [4.78, 5) is 15.4. The lowest BCUT2D eigenvalue weighted by atomic mass is 9.99. The third-order valence-electron chi connectivity index (χ3n) is 9.34. The fourth-order valence-corrected chi connectivity index (χ4v) is 8.08. The van der Waals surface area contributed by atoms with Crippen molar-refractivity contribution in [1.82, 2.24) is 15.0 Å². The molecule has 10 aromatic rings. The second-order valence-corrected chi connectivity index (χ2v) is 13.5. The van der Waals surface area contributed by atoms with Crippen molar-refractivity contribution in [3.8, 4) is 56.4 Å². The number of aromatic nitrogens is 3. The molecule has 0 aliphatic heterocycles. The van der Waals surface area contributed by atoms with Crippen molar-refractivity contribution < 1.29 is 4.42 Å². The van der Waals surface area contributed by atoms with E-state index < -0.39 is 0 Å². The van der Waals surface area contributed by atoms with Crippen LogP contribution in [-0.2, 0) is 0 Å². The maximum absolute atomic E-state index is 6.27. The van der Waals surface area contributed by atoms with E-state index in [1.165, 1.54) is 31.3 Å². The van der Waals surface area contributed by atoms with E-state index in [1.54, 1.807) is 0 Å². The van der Waals surface area contributed by atoms with Crippen molar-refractivity contribution in [2.24, 2.45) is 0 Å². The molecule has 0 amide bonds. The number of hydrogen-bond donors (Lipinski definition) is 0. The zero-order valence-corrected chi connectivity index (χ0v) is 27.6. The van der Waals surface area contributed by atoms with Crippen molar-refractivity contribution in [2.75, 3.05) is 0 Å². The summed E-state index contributed by atoms with van der Waals surface area (Å²) < 4.78 is 8.78. The number of fused-ring (bicyclic) bond motifs is 6. The van der Waals surface area contributed by atoms with Crippen LogP contribution < -0.4 is 0 Å². The van der Waals surface area contributed by atoms with Gasteiger partial charge in [0.2, 0.25) is 0 Å². The van der Waals surface area contributed by atoms with Gasteiger partial charge in [-0.1, -0.05) is 127 Å². The fraction of sp³-hybridized carbons (Fsp3) is 0. The Morgan fingerprint density at radius 3 is 1.70 bits per heavy atom. The van der Waals surface area contributed by atoms with Gasteiger partial charge in [-0.3, -0.25) is 0 Å². The summed E-state index contributed by atoms with van der Waals surface area (Å²) in [6, 6.07) is 56.9. The molecule has 5 heteroatoms. The van der Waals surface area contributed by atoms with Gasteiger partial charge < -0.3 is 4.42 Å². The van der Waals surface area contributed by atoms with Crippen LogP contribution in [-0.4, -0.2) is 15.0 Å². The summed E-state index contributed by atoms with van der Waals surface area (Å²) in [6.45, 7) is 0. The van der Waals surface area contributed by atoms with E-state index in [0.29, 0.717) is 17.5 Å². The van der Waals surface area contributed by atoms with Gasteiger partial charge in [0, 0.05) is 53.2 Å². The Morgan fingerprint density at radius 1 is 0.360 bits per heavy atom. The van der Waals surface area contributed by atoms with Crippen LogP contribution in [0.5, 0.6) is 0 Å². The largest absolute Gasteiger partial charge is 0.456 e. The molecule has 10 rings (SSSR count). The van der Waals surface area contributed by atoms with Crippen LogP contribution in [0.25, 0.3) is 98.5 Å². The summed E-state index contributed by atoms with van der Waals surface area (Å²) >= 11 is 1.83. The van der Waals surface area contributed by atoms with Crippen molar-refractivity contribution in [1.29, 1.82) is 0 Å². The Morgan fingerprint density at radius 2 is 0.920 bits per heavy atom. The van der Waals surface area contributed by atoms with Crippen LogP contribution >= 0.6 is 11.3 Å². The molecule has 50 heavy (non-hydrogen) atoms. The number of nitrogens with zero attached hydrogens (tertiary/aromatic N) is 3. The second-order valence-electron chi connectivity index (χ2n) is 12.4. The van der Waals surface area contributed by atoms with Gasteiger partial charge in [-0.25, -0.2) is 15.0 Å². The van der Waals surface area contributed by atoms with Gasteiger partial charge in [-0.2, -0.15) is 0 Å². The number of thiophene rings is 1. The Balaban J connectivity index is 1.19. The molecular formula is C45H27N3OS. The van der Waals surface area contributed by atoms with E-state index in [-0.39, 0.29) is 0 Å². The van der Waals surface area contributed by atoms with E-state index in [1.807, 2.05) is 41.7 Å². The highest BCUT2D eigenvalue weighted by Gasteiger charge is 2.18. The summed E-state index contributed by atoms with van der Waals surface area (Å²) in [5, 5.41) is 4.58. The number of para-hydroxylation sites is 1. The first-order chi connectivity index (χ1) is 24.7. The minimum Gasteiger partial charge on any atom is -0.456 e. The molecule has 0 aliphatic carbocycles. The molecule has 0 spiro atoms. The van der Waals surface area contributed by atoms with Crippen LogP contribution in [0.15, 0.2) is 168 Å².